The molecule has 1 aromatic carbocycles. The summed E-state index contributed by atoms with van der Waals surface area (Å²) in [6.45, 7) is 0.478. The van der Waals surface area contributed by atoms with Crippen molar-refractivity contribution in [2.45, 2.75) is 38.1 Å². The predicted octanol–water partition coefficient (Wildman–Crippen LogP) is 4.07. The molecule has 0 saturated heterocycles. The van der Waals surface area contributed by atoms with Crippen molar-refractivity contribution in [1.82, 2.24) is 4.98 Å². The quantitative estimate of drug-likeness (QED) is 0.918. The standard InChI is InChI=1S/C15H17FN2S/c16-12-7-5-10(6-8-12)14-15(11-3-1-2-4-11)19-13(9-17)18-14/h5-8,11H,1-4,9,17H2. The summed E-state index contributed by atoms with van der Waals surface area (Å²) in [7, 11) is 0. The Morgan fingerprint density at radius 2 is 1.89 bits per heavy atom. The first-order valence-corrected chi connectivity index (χ1v) is 7.55. The molecule has 1 saturated carbocycles. The first-order valence-electron chi connectivity index (χ1n) is 6.73. The molecule has 1 fully saturated rings. The van der Waals surface area contributed by atoms with Gasteiger partial charge in [-0.25, -0.2) is 9.37 Å². The van der Waals surface area contributed by atoms with Crippen LogP contribution in [0.5, 0.6) is 0 Å². The van der Waals surface area contributed by atoms with E-state index in [1.165, 1.54) is 42.7 Å². The second kappa shape index (κ2) is 5.39. The van der Waals surface area contributed by atoms with E-state index >= 15 is 0 Å². The molecular formula is C15H17FN2S. The number of thiazole rings is 1. The summed E-state index contributed by atoms with van der Waals surface area (Å²) >= 11 is 1.73. The van der Waals surface area contributed by atoms with E-state index in [4.69, 9.17) is 5.73 Å². The van der Waals surface area contributed by atoms with E-state index in [-0.39, 0.29) is 5.82 Å². The Labute approximate surface area is 116 Å². The minimum atomic E-state index is -0.208. The highest BCUT2D eigenvalue weighted by Crippen LogP contribution is 2.42. The van der Waals surface area contributed by atoms with Crippen molar-refractivity contribution in [1.29, 1.82) is 0 Å². The van der Waals surface area contributed by atoms with Gasteiger partial charge in [0.05, 0.1) is 5.69 Å². The van der Waals surface area contributed by atoms with Gasteiger partial charge >= 0.3 is 0 Å². The Morgan fingerprint density at radius 1 is 1.21 bits per heavy atom. The van der Waals surface area contributed by atoms with Gasteiger partial charge in [0.25, 0.3) is 0 Å². The summed E-state index contributed by atoms with van der Waals surface area (Å²) in [6, 6.07) is 6.61. The number of aromatic nitrogens is 1. The fraction of sp³-hybridized carbons (Fsp3) is 0.400. The van der Waals surface area contributed by atoms with Crippen LogP contribution in [-0.2, 0) is 6.54 Å². The maximum atomic E-state index is 13.0. The third-order valence-electron chi connectivity index (χ3n) is 3.72. The van der Waals surface area contributed by atoms with E-state index in [1.54, 1.807) is 11.3 Å². The van der Waals surface area contributed by atoms with Crippen molar-refractivity contribution in [2.75, 3.05) is 0 Å². The zero-order chi connectivity index (χ0) is 13.2. The second-order valence-electron chi connectivity index (χ2n) is 5.01. The number of hydrogen-bond donors (Lipinski definition) is 1. The topological polar surface area (TPSA) is 38.9 Å². The summed E-state index contributed by atoms with van der Waals surface area (Å²) in [6.07, 6.45) is 5.06. The largest absolute Gasteiger partial charge is 0.325 e. The monoisotopic (exact) mass is 276 g/mol. The maximum Gasteiger partial charge on any atom is 0.123 e. The first-order chi connectivity index (χ1) is 9.28. The normalized spacial score (nSPS) is 16.1. The van der Waals surface area contributed by atoms with E-state index in [0.29, 0.717) is 12.5 Å². The Hall–Kier alpha value is -1.26. The average molecular weight is 276 g/mol. The molecule has 0 unspecified atom stereocenters. The molecule has 2 aromatic rings. The van der Waals surface area contributed by atoms with Crippen LogP contribution in [-0.4, -0.2) is 4.98 Å². The Kier molecular flexibility index (Phi) is 3.62. The van der Waals surface area contributed by atoms with E-state index in [9.17, 15) is 4.39 Å². The lowest BCUT2D eigenvalue weighted by molar-refractivity contribution is 0.628. The fourth-order valence-electron chi connectivity index (χ4n) is 2.74. The lowest BCUT2D eigenvalue weighted by Gasteiger charge is -2.08. The van der Waals surface area contributed by atoms with Gasteiger partial charge in [-0.05, 0) is 43.0 Å². The number of benzene rings is 1. The van der Waals surface area contributed by atoms with Crippen LogP contribution in [0.3, 0.4) is 0 Å². The molecule has 0 radical (unpaired) electrons. The van der Waals surface area contributed by atoms with Crippen molar-refractivity contribution in [3.8, 4) is 11.3 Å². The summed E-state index contributed by atoms with van der Waals surface area (Å²) in [4.78, 5) is 5.98. The van der Waals surface area contributed by atoms with Gasteiger partial charge in [-0.2, -0.15) is 0 Å². The van der Waals surface area contributed by atoms with E-state index in [1.807, 2.05) is 12.1 Å². The van der Waals surface area contributed by atoms with Crippen molar-refractivity contribution >= 4 is 11.3 Å². The van der Waals surface area contributed by atoms with Gasteiger partial charge < -0.3 is 5.73 Å². The molecule has 1 aliphatic rings. The Bertz CT molecular complexity index is 556. The Morgan fingerprint density at radius 3 is 2.53 bits per heavy atom. The van der Waals surface area contributed by atoms with E-state index in [2.05, 4.69) is 4.98 Å². The molecule has 1 heterocycles. The van der Waals surface area contributed by atoms with Gasteiger partial charge in [0, 0.05) is 17.0 Å². The zero-order valence-corrected chi connectivity index (χ0v) is 11.5. The summed E-state index contributed by atoms with van der Waals surface area (Å²) in [5.41, 5.74) is 7.73. The number of hydrogen-bond acceptors (Lipinski definition) is 3. The van der Waals surface area contributed by atoms with Crippen molar-refractivity contribution in [3.63, 3.8) is 0 Å². The Balaban J connectivity index is 2.03. The molecular weight excluding hydrogens is 259 g/mol. The molecule has 1 aromatic heterocycles. The molecule has 3 rings (SSSR count). The summed E-state index contributed by atoms with van der Waals surface area (Å²) < 4.78 is 13.0. The molecule has 0 atom stereocenters. The fourth-order valence-corrected chi connectivity index (χ4v) is 3.88. The molecule has 0 spiro atoms. The van der Waals surface area contributed by atoms with Gasteiger partial charge in [-0.1, -0.05) is 12.8 Å². The number of nitrogens with zero attached hydrogens (tertiary/aromatic N) is 1. The highest BCUT2D eigenvalue weighted by Gasteiger charge is 2.24. The lowest BCUT2D eigenvalue weighted by Crippen LogP contribution is -1.94. The smallest absolute Gasteiger partial charge is 0.123 e. The number of rotatable bonds is 3. The third-order valence-corrected chi connectivity index (χ3v) is 4.96. The molecule has 0 amide bonds. The lowest BCUT2D eigenvalue weighted by atomic mass is 10.0. The van der Waals surface area contributed by atoms with Crippen LogP contribution in [0, 0.1) is 5.82 Å². The van der Waals surface area contributed by atoms with E-state index < -0.39 is 0 Å². The van der Waals surface area contributed by atoms with Crippen LogP contribution < -0.4 is 5.73 Å². The number of halogens is 1. The molecule has 2 nitrogen and oxygen atoms in total. The van der Waals surface area contributed by atoms with Gasteiger partial charge in [0.1, 0.15) is 10.8 Å². The minimum absolute atomic E-state index is 0.208. The van der Waals surface area contributed by atoms with Crippen LogP contribution >= 0.6 is 11.3 Å². The SMILES string of the molecule is NCc1nc(-c2ccc(F)cc2)c(C2CCCC2)s1. The zero-order valence-electron chi connectivity index (χ0n) is 10.7. The minimum Gasteiger partial charge on any atom is -0.325 e. The van der Waals surface area contributed by atoms with Gasteiger partial charge in [-0.3, -0.25) is 0 Å². The molecule has 2 N–H and O–H groups in total. The predicted molar refractivity (Wildman–Crippen MR) is 76.6 cm³/mol. The van der Waals surface area contributed by atoms with Crippen LogP contribution in [0.15, 0.2) is 24.3 Å². The van der Waals surface area contributed by atoms with Crippen LogP contribution in [0.4, 0.5) is 4.39 Å². The summed E-state index contributed by atoms with van der Waals surface area (Å²) in [5, 5.41) is 0.973. The van der Waals surface area contributed by atoms with Crippen LogP contribution in [0.2, 0.25) is 0 Å². The number of nitrogens with two attached hydrogens (primary N) is 1. The molecule has 19 heavy (non-hydrogen) atoms. The highest BCUT2D eigenvalue weighted by atomic mass is 32.1. The first kappa shape index (κ1) is 12.8. The maximum absolute atomic E-state index is 13.0. The van der Waals surface area contributed by atoms with Crippen LogP contribution in [0.1, 0.15) is 41.5 Å². The van der Waals surface area contributed by atoms with Crippen molar-refractivity contribution in [2.24, 2.45) is 5.73 Å². The second-order valence-corrected chi connectivity index (χ2v) is 6.13. The van der Waals surface area contributed by atoms with Gasteiger partial charge in [0.15, 0.2) is 0 Å². The third kappa shape index (κ3) is 2.55. The average Bonchev–Trinajstić information content (AvgIpc) is 3.08. The molecule has 0 aliphatic heterocycles. The van der Waals surface area contributed by atoms with Gasteiger partial charge in [0.2, 0.25) is 0 Å². The molecule has 4 heteroatoms. The van der Waals surface area contributed by atoms with Crippen LogP contribution in [0.25, 0.3) is 11.3 Å². The molecule has 100 valence electrons. The summed E-state index contributed by atoms with van der Waals surface area (Å²) in [5.74, 6) is 0.401. The molecule has 1 aliphatic carbocycles. The van der Waals surface area contributed by atoms with E-state index in [0.717, 1.165) is 16.3 Å². The van der Waals surface area contributed by atoms with Crippen molar-refractivity contribution in [3.05, 3.63) is 40.0 Å². The van der Waals surface area contributed by atoms with Gasteiger partial charge in [-0.15, -0.1) is 11.3 Å². The highest BCUT2D eigenvalue weighted by molar-refractivity contribution is 7.12. The van der Waals surface area contributed by atoms with Crippen molar-refractivity contribution < 1.29 is 4.39 Å². The molecule has 0 bridgehead atoms.